The molecule has 1 N–H and O–H groups in total. The largest absolute Gasteiger partial charge is 0.468 e. The van der Waals surface area contributed by atoms with Crippen molar-refractivity contribution in [2.45, 2.75) is 31.4 Å². The van der Waals surface area contributed by atoms with Gasteiger partial charge in [-0.1, -0.05) is 0 Å². The number of hydrogen-bond acceptors (Lipinski definition) is 3. The molecule has 0 spiro atoms. The van der Waals surface area contributed by atoms with E-state index in [0.717, 1.165) is 18.8 Å². The van der Waals surface area contributed by atoms with Gasteiger partial charge in [0.2, 0.25) is 0 Å². The Bertz CT molecular complexity index is 252. The normalized spacial score (nSPS) is 24.8. The summed E-state index contributed by atoms with van der Waals surface area (Å²) in [5.74, 6) is 0.972. The molecule has 0 aliphatic carbocycles. The molecule has 1 aliphatic heterocycles. The Morgan fingerprint density at radius 3 is 3.00 bits per heavy atom. The van der Waals surface area contributed by atoms with Crippen LogP contribution in [0.4, 0.5) is 0 Å². The van der Waals surface area contributed by atoms with E-state index in [-0.39, 0.29) is 12.1 Å². The minimum atomic E-state index is 0.199. The highest BCUT2D eigenvalue weighted by Gasteiger charge is 2.26. The summed E-state index contributed by atoms with van der Waals surface area (Å²) in [6.45, 7) is 0.879. The van der Waals surface area contributed by atoms with Crippen molar-refractivity contribution in [3.63, 3.8) is 0 Å². The molecule has 1 fully saturated rings. The lowest BCUT2D eigenvalue weighted by Gasteiger charge is -2.28. The predicted octanol–water partition coefficient (Wildman–Crippen LogP) is 2.11. The molecular formula is C11H17NO2. The number of rotatable bonds is 3. The fraction of sp³-hybridized carbons (Fsp3) is 0.636. The summed E-state index contributed by atoms with van der Waals surface area (Å²) in [6, 6.07) is 4.12. The van der Waals surface area contributed by atoms with E-state index in [2.05, 4.69) is 5.32 Å². The molecular weight excluding hydrogens is 178 g/mol. The summed E-state index contributed by atoms with van der Waals surface area (Å²) < 4.78 is 11.1. The Morgan fingerprint density at radius 1 is 1.50 bits per heavy atom. The van der Waals surface area contributed by atoms with Gasteiger partial charge < -0.3 is 14.5 Å². The molecule has 1 aromatic rings. The van der Waals surface area contributed by atoms with Crippen LogP contribution in [-0.2, 0) is 4.74 Å². The van der Waals surface area contributed by atoms with Gasteiger partial charge in [-0.3, -0.25) is 0 Å². The van der Waals surface area contributed by atoms with Crippen molar-refractivity contribution in [3.05, 3.63) is 24.2 Å². The van der Waals surface area contributed by atoms with Crippen molar-refractivity contribution in [3.8, 4) is 0 Å². The van der Waals surface area contributed by atoms with Gasteiger partial charge in [0.25, 0.3) is 0 Å². The lowest BCUT2D eigenvalue weighted by atomic mass is 10.0. The van der Waals surface area contributed by atoms with Gasteiger partial charge in [-0.2, -0.15) is 0 Å². The molecule has 0 bridgehead atoms. The molecule has 3 nitrogen and oxygen atoms in total. The van der Waals surface area contributed by atoms with E-state index in [9.17, 15) is 0 Å². The van der Waals surface area contributed by atoms with Gasteiger partial charge >= 0.3 is 0 Å². The predicted molar refractivity (Wildman–Crippen MR) is 54.1 cm³/mol. The highest BCUT2D eigenvalue weighted by Crippen LogP contribution is 2.26. The SMILES string of the molecule is CNC(c1ccco1)C1CCCCO1. The first-order valence-corrected chi connectivity index (χ1v) is 5.24. The van der Waals surface area contributed by atoms with Crippen molar-refractivity contribution in [2.24, 2.45) is 0 Å². The zero-order valence-corrected chi connectivity index (χ0v) is 8.53. The molecule has 0 saturated carbocycles. The maximum Gasteiger partial charge on any atom is 0.123 e. The van der Waals surface area contributed by atoms with Gasteiger partial charge in [0, 0.05) is 6.61 Å². The van der Waals surface area contributed by atoms with Crippen LogP contribution in [0.25, 0.3) is 0 Å². The topological polar surface area (TPSA) is 34.4 Å². The third kappa shape index (κ3) is 1.99. The monoisotopic (exact) mass is 195 g/mol. The third-order valence-corrected chi connectivity index (χ3v) is 2.75. The second-order valence-electron chi connectivity index (χ2n) is 3.69. The molecule has 2 atom stereocenters. The van der Waals surface area contributed by atoms with E-state index in [0.29, 0.717) is 0 Å². The zero-order valence-electron chi connectivity index (χ0n) is 8.53. The van der Waals surface area contributed by atoms with Crippen molar-refractivity contribution in [1.29, 1.82) is 0 Å². The van der Waals surface area contributed by atoms with Gasteiger partial charge in [0.15, 0.2) is 0 Å². The van der Waals surface area contributed by atoms with Crippen molar-refractivity contribution in [2.75, 3.05) is 13.7 Å². The van der Waals surface area contributed by atoms with Crippen LogP contribution in [0, 0.1) is 0 Å². The molecule has 3 heteroatoms. The van der Waals surface area contributed by atoms with Crippen LogP contribution in [0.2, 0.25) is 0 Å². The Hall–Kier alpha value is -0.800. The van der Waals surface area contributed by atoms with Crippen LogP contribution < -0.4 is 5.32 Å². The maximum atomic E-state index is 5.73. The van der Waals surface area contributed by atoms with Gasteiger partial charge in [-0.15, -0.1) is 0 Å². The highest BCUT2D eigenvalue weighted by molar-refractivity contribution is 5.06. The van der Waals surface area contributed by atoms with Gasteiger partial charge in [-0.25, -0.2) is 0 Å². The highest BCUT2D eigenvalue weighted by atomic mass is 16.5. The van der Waals surface area contributed by atoms with E-state index in [1.165, 1.54) is 12.8 Å². The summed E-state index contributed by atoms with van der Waals surface area (Å²) in [6.07, 6.45) is 5.53. The first kappa shape index (κ1) is 9.74. The third-order valence-electron chi connectivity index (χ3n) is 2.75. The van der Waals surface area contributed by atoms with Crippen LogP contribution >= 0.6 is 0 Å². The minimum absolute atomic E-state index is 0.199. The Balaban J connectivity index is 2.04. The first-order chi connectivity index (χ1) is 6.92. The molecule has 14 heavy (non-hydrogen) atoms. The van der Waals surface area contributed by atoms with Crippen molar-refractivity contribution >= 4 is 0 Å². The summed E-state index contributed by atoms with van der Waals surface area (Å²) in [5, 5.41) is 3.26. The van der Waals surface area contributed by atoms with Crippen LogP contribution in [0.5, 0.6) is 0 Å². The summed E-state index contributed by atoms with van der Waals surface area (Å²) in [7, 11) is 1.95. The maximum absolute atomic E-state index is 5.73. The van der Waals surface area contributed by atoms with Gasteiger partial charge in [0.05, 0.1) is 18.4 Å². The van der Waals surface area contributed by atoms with Gasteiger partial charge in [0.1, 0.15) is 5.76 Å². The minimum Gasteiger partial charge on any atom is -0.468 e. The molecule has 78 valence electrons. The molecule has 0 aromatic carbocycles. The molecule has 2 heterocycles. The van der Waals surface area contributed by atoms with E-state index in [4.69, 9.17) is 9.15 Å². The van der Waals surface area contributed by atoms with E-state index >= 15 is 0 Å². The van der Waals surface area contributed by atoms with Crippen LogP contribution in [-0.4, -0.2) is 19.8 Å². The van der Waals surface area contributed by atoms with Crippen LogP contribution in [0.15, 0.2) is 22.8 Å². The molecule has 1 aromatic heterocycles. The smallest absolute Gasteiger partial charge is 0.123 e. The number of ether oxygens (including phenoxy) is 1. The van der Waals surface area contributed by atoms with E-state index in [1.807, 2.05) is 19.2 Å². The average Bonchev–Trinajstić information content (AvgIpc) is 2.74. The molecule has 1 saturated heterocycles. The molecule has 0 radical (unpaired) electrons. The second-order valence-corrected chi connectivity index (χ2v) is 3.69. The van der Waals surface area contributed by atoms with E-state index in [1.54, 1.807) is 6.26 Å². The lowest BCUT2D eigenvalue weighted by Crippen LogP contribution is -2.33. The van der Waals surface area contributed by atoms with Crippen molar-refractivity contribution in [1.82, 2.24) is 5.32 Å². The molecule has 1 aliphatic rings. The Morgan fingerprint density at radius 2 is 2.43 bits per heavy atom. The molecule has 0 amide bonds. The summed E-state index contributed by atoms with van der Waals surface area (Å²) in [5.41, 5.74) is 0. The van der Waals surface area contributed by atoms with E-state index < -0.39 is 0 Å². The Kier molecular flexibility index (Phi) is 3.22. The average molecular weight is 195 g/mol. The van der Waals surface area contributed by atoms with Crippen LogP contribution in [0.3, 0.4) is 0 Å². The fourth-order valence-corrected chi connectivity index (χ4v) is 2.01. The Labute approximate surface area is 84.4 Å². The van der Waals surface area contributed by atoms with Crippen molar-refractivity contribution < 1.29 is 9.15 Å². The number of likely N-dealkylation sites (N-methyl/N-ethyl adjacent to an activating group) is 1. The fourth-order valence-electron chi connectivity index (χ4n) is 2.01. The quantitative estimate of drug-likeness (QED) is 0.802. The molecule has 2 rings (SSSR count). The van der Waals surface area contributed by atoms with Crippen LogP contribution in [0.1, 0.15) is 31.1 Å². The zero-order chi connectivity index (χ0) is 9.80. The second kappa shape index (κ2) is 4.62. The number of nitrogens with one attached hydrogen (secondary N) is 1. The summed E-state index contributed by atoms with van der Waals surface area (Å²) in [4.78, 5) is 0. The van der Waals surface area contributed by atoms with Gasteiger partial charge in [-0.05, 0) is 38.4 Å². The molecule has 2 unspecified atom stereocenters. The standard InChI is InChI=1S/C11H17NO2/c1-12-11(10-6-4-8-14-10)9-5-2-3-7-13-9/h4,6,8-9,11-12H,2-3,5,7H2,1H3. The first-order valence-electron chi connectivity index (χ1n) is 5.24. The lowest BCUT2D eigenvalue weighted by molar-refractivity contribution is -0.0109. The number of hydrogen-bond donors (Lipinski definition) is 1. The summed E-state index contributed by atoms with van der Waals surface area (Å²) >= 11 is 0. The number of furan rings is 1.